The molecule has 0 radical (unpaired) electrons. The number of piperazine rings is 1. The smallest absolute Gasteiger partial charge is 0.0558 e. The van der Waals surface area contributed by atoms with Crippen LogP contribution in [0, 0.1) is 0 Å². The van der Waals surface area contributed by atoms with Gasteiger partial charge in [0.05, 0.1) is 11.9 Å². The van der Waals surface area contributed by atoms with E-state index in [1.54, 1.807) is 0 Å². The van der Waals surface area contributed by atoms with Crippen molar-refractivity contribution in [2.45, 2.75) is 24.9 Å². The summed E-state index contributed by atoms with van der Waals surface area (Å²) in [5, 5.41) is 0. The molecule has 0 amide bonds. The summed E-state index contributed by atoms with van der Waals surface area (Å²) in [6.07, 6.45) is 6.52. The van der Waals surface area contributed by atoms with Crippen molar-refractivity contribution in [1.29, 1.82) is 0 Å². The molecule has 2 bridgehead atoms. The van der Waals surface area contributed by atoms with Crippen molar-refractivity contribution in [1.82, 2.24) is 9.88 Å². The molecule has 0 aromatic carbocycles. The fraction of sp³-hybridized carbons (Fsp3) is 0.583. The average molecular weight is 203 g/mol. The van der Waals surface area contributed by atoms with Crippen LogP contribution in [-0.4, -0.2) is 42.1 Å². The van der Waals surface area contributed by atoms with Crippen molar-refractivity contribution in [2.24, 2.45) is 0 Å². The van der Waals surface area contributed by atoms with Gasteiger partial charge >= 0.3 is 0 Å². The highest BCUT2D eigenvalue weighted by atomic mass is 15.3. The number of rotatable bonds is 1. The van der Waals surface area contributed by atoms with Gasteiger partial charge in [-0.2, -0.15) is 0 Å². The van der Waals surface area contributed by atoms with Gasteiger partial charge in [-0.3, -0.25) is 4.98 Å². The molecular weight excluding hydrogens is 186 g/mol. The number of hydrogen-bond donors (Lipinski definition) is 0. The molecule has 3 rings (SSSR count). The molecule has 1 aromatic heterocycles. The van der Waals surface area contributed by atoms with Gasteiger partial charge < -0.3 is 9.80 Å². The maximum absolute atomic E-state index is 4.22. The summed E-state index contributed by atoms with van der Waals surface area (Å²) in [6, 6.07) is 5.63. The predicted octanol–water partition coefficient (Wildman–Crippen LogP) is 1.36. The Hall–Kier alpha value is -1.09. The molecule has 0 aliphatic carbocycles. The zero-order valence-electron chi connectivity index (χ0n) is 9.13. The van der Waals surface area contributed by atoms with E-state index in [9.17, 15) is 0 Å². The van der Waals surface area contributed by atoms with Gasteiger partial charge in [0.25, 0.3) is 0 Å². The van der Waals surface area contributed by atoms with E-state index < -0.39 is 0 Å². The van der Waals surface area contributed by atoms with Crippen LogP contribution in [0.15, 0.2) is 24.5 Å². The molecule has 80 valence electrons. The molecule has 0 unspecified atom stereocenters. The zero-order valence-corrected chi connectivity index (χ0v) is 9.13. The van der Waals surface area contributed by atoms with E-state index in [0.29, 0.717) is 12.1 Å². The Kier molecular flexibility index (Phi) is 2.13. The highest BCUT2D eigenvalue weighted by Crippen LogP contribution is 2.33. The number of aromatic nitrogens is 1. The van der Waals surface area contributed by atoms with Crippen molar-refractivity contribution >= 4 is 5.69 Å². The van der Waals surface area contributed by atoms with Crippen molar-refractivity contribution < 1.29 is 0 Å². The standard InChI is InChI=1S/C12H17N3/c1-14-8-11-4-5-12(9-14)15(11)10-3-2-6-13-7-10/h2-3,6-7,11-12H,4-5,8-9H2,1H3/t11-,12+. The van der Waals surface area contributed by atoms with Crippen molar-refractivity contribution in [2.75, 3.05) is 25.0 Å². The first kappa shape index (κ1) is 9.16. The number of hydrogen-bond acceptors (Lipinski definition) is 3. The summed E-state index contributed by atoms with van der Waals surface area (Å²) in [5.41, 5.74) is 1.30. The molecule has 0 spiro atoms. The Balaban J connectivity index is 1.89. The van der Waals surface area contributed by atoms with Crippen molar-refractivity contribution in [3.8, 4) is 0 Å². The second-order valence-corrected chi connectivity index (χ2v) is 4.72. The van der Waals surface area contributed by atoms with E-state index in [1.165, 1.54) is 31.6 Å². The molecular formula is C12H17N3. The highest BCUT2D eigenvalue weighted by molar-refractivity contribution is 5.48. The molecule has 2 fully saturated rings. The van der Waals surface area contributed by atoms with Gasteiger partial charge in [-0.05, 0) is 32.0 Å². The van der Waals surface area contributed by atoms with E-state index in [0.717, 1.165) is 0 Å². The molecule has 0 N–H and O–H groups in total. The molecule has 0 saturated carbocycles. The molecule has 2 saturated heterocycles. The monoisotopic (exact) mass is 203 g/mol. The van der Waals surface area contributed by atoms with E-state index in [4.69, 9.17) is 0 Å². The molecule has 2 aliphatic rings. The number of anilines is 1. The maximum atomic E-state index is 4.22. The summed E-state index contributed by atoms with van der Waals surface area (Å²) in [6.45, 7) is 2.40. The maximum Gasteiger partial charge on any atom is 0.0558 e. The molecule has 3 nitrogen and oxygen atoms in total. The SMILES string of the molecule is CN1C[C@H]2CC[C@@H](C1)N2c1cccnc1. The van der Waals surface area contributed by atoms with Gasteiger partial charge in [0.1, 0.15) is 0 Å². The van der Waals surface area contributed by atoms with E-state index >= 15 is 0 Å². The van der Waals surface area contributed by atoms with E-state index in [2.05, 4.69) is 27.9 Å². The summed E-state index contributed by atoms with van der Waals surface area (Å²) < 4.78 is 0. The Labute approximate surface area is 90.7 Å². The minimum atomic E-state index is 0.706. The number of fused-ring (bicyclic) bond motifs is 2. The topological polar surface area (TPSA) is 19.4 Å². The summed E-state index contributed by atoms with van der Waals surface area (Å²) >= 11 is 0. The fourth-order valence-corrected chi connectivity index (χ4v) is 3.04. The Morgan fingerprint density at radius 2 is 2.00 bits per heavy atom. The minimum Gasteiger partial charge on any atom is -0.362 e. The zero-order chi connectivity index (χ0) is 10.3. The highest BCUT2D eigenvalue weighted by Gasteiger charge is 2.38. The summed E-state index contributed by atoms with van der Waals surface area (Å²) in [7, 11) is 2.23. The lowest BCUT2D eigenvalue weighted by Crippen LogP contribution is -2.52. The van der Waals surface area contributed by atoms with Crippen LogP contribution in [0.2, 0.25) is 0 Å². The number of nitrogens with zero attached hydrogens (tertiary/aromatic N) is 3. The minimum absolute atomic E-state index is 0.706. The van der Waals surface area contributed by atoms with Crippen LogP contribution in [0.4, 0.5) is 5.69 Å². The van der Waals surface area contributed by atoms with Gasteiger partial charge in [-0.15, -0.1) is 0 Å². The normalized spacial score (nSPS) is 30.9. The van der Waals surface area contributed by atoms with Crippen LogP contribution >= 0.6 is 0 Å². The van der Waals surface area contributed by atoms with Gasteiger partial charge in [0.15, 0.2) is 0 Å². The lowest BCUT2D eigenvalue weighted by Gasteiger charge is -2.40. The van der Waals surface area contributed by atoms with Crippen LogP contribution < -0.4 is 4.90 Å². The Bertz CT molecular complexity index is 324. The van der Waals surface area contributed by atoms with E-state index in [1.807, 2.05) is 18.5 Å². The summed E-state index contributed by atoms with van der Waals surface area (Å²) in [5.74, 6) is 0. The average Bonchev–Trinajstić information content (AvgIpc) is 2.53. The summed E-state index contributed by atoms with van der Waals surface area (Å²) in [4.78, 5) is 9.25. The number of likely N-dealkylation sites (N-methyl/N-ethyl adjacent to an activating group) is 1. The second kappa shape index (κ2) is 3.49. The van der Waals surface area contributed by atoms with Gasteiger partial charge in [-0.1, -0.05) is 0 Å². The third-order valence-electron chi connectivity index (χ3n) is 3.61. The predicted molar refractivity (Wildman–Crippen MR) is 61.0 cm³/mol. The van der Waals surface area contributed by atoms with Crippen LogP contribution in [-0.2, 0) is 0 Å². The van der Waals surface area contributed by atoms with E-state index in [-0.39, 0.29) is 0 Å². The molecule has 3 heteroatoms. The Morgan fingerprint density at radius 1 is 1.27 bits per heavy atom. The number of likely N-dealkylation sites (tertiary alicyclic amines) is 1. The quantitative estimate of drug-likeness (QED) is 0.687. The Morgan fingerprint density at radius 3 is 2.60 bits per heavy atom. The van der Waals surface area contributed by atoms with Crippen LogP contribution in [0.25, 0.3) is 0 Å². The third kappa shape index (κ3) is 1.51. The molecule has 1 aromatic rings. The van der Waals surface area contributed by atoms with Crippen LogP contribution in [0.5, 0.6) is 0 Å². The molecule has 3 heterocycles. The van der Waals surface area contributed by atoms with Gasteiger partial charge in [-0.25, -0.2) is 0 Å². The number of pyridine rings is 1. The van der Waals surface area contributed by atoms with Gasteiger partial charge in [0, 0.05) is 31.4 Å². The lowest BCUT2D eigenvalue weighted by atomic mass is 10.2. The molecule has 2 atom stereocenters. The first-order chi connectivity index (χ1) is 7.34. The lowest BCUT2D eigenvalue weighted by molar-refractivity contribution is 0.264. The van der Waals surface area contributed by atoms with Crippen LogP contribution in [0.1, 0.15) is 12.8 Å². The molecule has 2 aliphatic heterocycles. The fourth-order valence-electron chi connectivity index (χ4n) is 3.04. The largest absolute Gasteiger partial charge is 0.362 e. The van der Waals surface area contributed by atoms with Gasteiger partial charge in [0.2, 0.25) is 0 Å². The first-order valence-corrected chi connectivity index (χ1v) is 5.71. The van der Waals surface area contributed by atoms with Crippen molar-refractivity contribution in [3.63, 3.8) is 0 Å². The van der Waals surface area contributed by atoms with Crippen molar-refractivity contribution in [3.05, 3.63) is 24.5 Å². The second-order valence-electron chi connectivity index (χ2n) is 4.72. The molecule has 15 heavy (non-hydrogen) atoms. The third-order valence-corrected chi connectivity index (χ3v) is 3.61. The first-order valence-electron chi connectivity index (χ1n) is 5.71. The van der Waals surface area contributed by atoms with Crippen LogP contribution in [0.3, 0.4) is 0 Å².